The molecule has 0 spiro atoms. The van der Waals surface area contributed by atoms with Gasteiger partial charge in [-0.3, -0.25) is 0 Å². The minimum Gasteiger partial charge on any atom is -0.489 e. The molecule has 0 radical (unpaired) electrons. The minimum absolute atomic E-state index is 0.251. The lowest BCUT2D eigenvalue weighted by atomic mass is 10.2. The van der Waals surface area contributed by atoms with Gasteiger partial charge in [-0.25, -0.2) is 4.39 Å². The van der Waals surface area contributed by atoms with Crippen LogP contribution in [0.3, 0.4) is 0 Å². The van der Waals surface area contributed by atoms with Gasteiger partial charge >= 0.3 is 0 Å². The van der Waals surface area contributed by atoms with Crippen LogP contribution in [-0.2, 0) is 11.9 Å². The van der Waals surface area contributed by atoms with Crippen LogP contribution in [-0.4, -0.2) is 0 Å². The zero-order chi connectivity index (χ0) is 13.0. The van der Waals surface area contributed by atoms with Crippen LogP contribution < -0.4 is 4.74 Å². The molecule has 0 aliphatic carbocycles. The second kappa shape index (κ2) is 6.34. The Morgan fingerprint density at radius 3 is 2.67 bits per heavy atom. The summed E-state index contributed by atoms with van der Waals surface area (Å²) >= 11 is 6.74. The van der Waals surface area contributed by atoms with Crippen LogP contribution in [0.25, 0.3) is 0 Å². The van der Waals surface area contributed by atoms with E-state index in [-0.39, 0.29) is 5.82 Å². The third-order valence-electron chi connectivity index (χ3n) is 2.45. The molecule has 0 amide bonds. The minimum atomic E-state index is -0.251. The number of halogens is 3. The van der Waals surface area contributed by atoms with Gasteiger partial charge in [0.05, 0.1) is 0 Å². The summed E-state index contributed by atoms with van der Waals surface area (Å²) < 4.78 is 19.8. The van der Waals surface area contributed by atoms with E-state index in [4.69, 9.17) is 4.74 Å². The Balaban J connectivity index is 2.10. The molecule has 0 saturated carbocycles. The van der Waals surface area contributed by atoms with E-state index in [2.05, 4.69) is 31.9 Å². The molecule has 0 N–H and O–H groups in total. The Labute approximate surface area is 122 Å². The Morgan fingerprint density at radius 1 is 1.11 bits per heavy atom. The molecule has 2 aromatic rings. The van der Waals surface area contributed by atoms with Crippen molar-refractivity contribution in [3.8, 4) is 5.75 Å². The van der Waals surface area contributed by atoms with Gasteiger partial charge in [0.25, 0.3) is 0 Å². The normalized spacial score (nSPS) is 10.4. The van der Waals surface area contributed by atoms with Crippen molar-refractivity contribution in [2.45, 2.75) is 11.9 Å². The first kappa shape index (κ1) is 13.6. The highest BCUT2D eigenvalue weighted by molar-refractivity contribution is 9.10. The summed E-state index contributed by atoms with van der Waals surface area (Å²) in [5.74, 6) is 0.451. The molecule has 0 atom stereocenters. The summed E-state index contributed by atoms with van der Waals surface area (Å²) in [6.45, 7) is 0.463. The van der Waals surface area contributed by atoms with Gasteiger partial charge in [0.15, 0.2) is 0 Å². The molecule has 0 bridgehead atoms. The van der Waals surface area contributed by atoms with Crippen molar-refractivity contribution in [1.82, 2.24) is 0 Å². The molecule has 0 fully saturated rings. The quantitative estimate of drug-likeness (QED) is 0.680. The predicted octanol–water partition coefficient (Wildman–Crippen LogP) is 5.06. The van der Waals surface area contributed by atoms with Crippen molar-refractivity contribution >= 4 is 31.9 Å². The first-order valence-electron chi connectivity index (χ1n) is 5.40. The second-order valence-corrected chi connectivity index (χ2v) is 5.28. The van der Waals surface area contributed by atoms with E-state index in [0.717, 1.165) is 15.6 Å². The molecule has 18 heavy (non-hydrogen) atoms. The highest BCUT2D eigenvalue weighted by atomic mass is 79.9. The van der Waals surface area contributed by atoms with Gasteiger partial charge in [-0.1, -0.05) is 44.0 Å². The second-order valence-electron chi connectivity index (χ2n) is 3.80. The monoisotopic (exact) mass is 372 g/mol. The smallest absolute Gasteiger partial charge is 0.124 e. The molecule has 0 aliphatic heterocycles. The van der Waals surface area contributed by atoms with E-state index < -0.39 is 0 Å². The molecule has 94 valence electrons. The number of hydrogen-bond acceptors (Lipinski definition) is 1. The summed E-state index contributed by atoms with van der Waals surface area (Å²) in [6, 6.07) is 12.4. The highest BCUT2D eigenvalue weighted by Gasteiger charge is 2.05. The number of benzene rings is 2. The Kier molecular flexibility index (Phi) is 4.78. The first-order valence-corrected chi connectivity index (χ1v) is 7.32. The fourth-order valence-electron chi connectivity index (χ4n) is 1.58. The van der Waals surface area contributed by atoms with Crippen molar-refractivity contribution in [3.05, 3.63) is 63.9 Å². The topological polar surface area (TPSA) is 9.23 Å². The van der Waals surface area contributed by atoms with E-state index in [0.29, 0.717) is 17.7 Å². The number of hydrogen-bond donors (Lipinski definition) is 0. The van der Waals surface area contributed by atoms with E-state index in [1.165, 1.54) is 12.1 Å². The van der Waals surface area contributed by atoms with Crippen molar-refractivity contribution in [2.75, 3.05) is 0 Å². The average Bonchev–Trinajstić information content (AvgIpc) is 2.37. The van der Waals surface area contributed by atoms with E-state index in [1.54, 1.807) is 6.07 Å². The van der Waals surface area contributed by atoms with E-state index in [9.17, 15) is 4.39 Å². The summed E-state index contributed by atoms with van der Waals surface area (Å²) in [7, 11) is 0. The lowest BCUT2D eigenvalue weighted by Gasteiger charge is -2.10. The maximum atomic E-state index is 13.1. The Morgan fingerprint density at radius 2 is 1.94 bits per heavy atom. The molecular weight excluding hydrogens is 363 g/mol. The van der Waals surface area contributed by atoms with Crippen LogP contribution in [0.15, 0.2) is 46.9 Å². The Bertz CT molecular complexity index is 543. The van der Waals surface area contributed by atoms with Crippen molar-refractivity contribution in [1.29, 1.82) is 0 Å². The van der Waals surface area contributed by atoms with Gasteiger partial charge in [0.2, 0.25) is 0 Å². The summed E-state index contributed by atoms with van der Waals surface area (Å²) in [4.78, 5) is 0. The molecule has 0 unspecified atom stereocenters. The fraction of sp³-hybridized carbons (Fsp3) is 0.143. The molecule has 0 aliphatic rings. The van der Waals surface area contributed by atoms with Crippen LogP contribution >= 0.6 is 31.9 Å². The zero-order valence-corrected chi connectivity index (χ0v) is 12.7. The van der Waals surface area contributed by atoms with Gasteiger partial charge in [0, 0.05) is 15.4 Å². The van der Waals surface area contributed by atoms with Crippen molar-refractivity contribution < 1.29 is 9.13 Å². The Hall–Kier alpha value is -0.870. The average molecular weight is 374 g/mol. The number of rotatable bonds is 4. The van der Waals surface area contributed by atoms with Crippen LogP contribution in [0.4, 0.5) is 4.39 Å². The third-order valence-corrected chi connectivity index (χ3v) is 3.55. The maximum Gasteiger partial charge on any atom is 0.124 e. The lowest BCUT2D eigenvalue weighted by Crippen LogP contribution is -1.98. The number of ether oxygens (including phenoxy) is 1. The molecule has 0 aromatic heterocycles. The van der Waals surface area contributed by atoms with Gasteiger partial charge in [-0.05, 0) is 35.9 Å². The molecule has 0 heterocycles. The summed E-state index contributed by atoms with van der Waals surface area (Å²) in [5.41, 5.74) is 1.87. The van der Waals surface area contributed by atoms with E-state index >= 15 is 0 Å². The summed E-state index contributed by atoms with van der Waals surface area (Å²) in [6.07, 6.45) is 0. The van der Waals surface area contributed by atoms with Crippen LogP contribution in [0.2, 0.25) is 0 Å². The largest absolute Gasteiger partial charge is 0.489 e. The van der Waals surface area contributed by atoms with Crippen LogP contribution in [0.5, 0.6) is 5.75 Å². The summed E-state index contributed by atoms with van der Waals surface area (Å²) in [5, 5.41) is 0.568. The molecular formula is C14H11Br2FO. The molecule has 0 saturated heterocycles. The third kappa shape index (κ3) is 3.56. The molecule has 2 aromatic carbocycles. The van der Waals surface area contributed by atoms with E-state index in [1.807, 2.05) is 24.3 Å². The SMILES string of the molecule is Fc1ccc(OCc2cccc(Br)c2)c(CBr)c1. The predicted molar refractivity (Wildman–Crippen MR) is 77.5 cm³/mol. The standard InChI is InChI=1S/C14H11Br2FO/c15-8-11-7-13(17)4-5-14(11)18-9-10-2-1-3-12(16)6-10/h1-7H,8-9H2. The molecule has 1 nitrogen and oxygen atoms in total. The molecule has 4 heteroatoms. The fourth-order valence-corrected chi connectivity index (χ4v) is 2.47. The van der Waals surface area contributed by atoms with Gasteiger partial charge in [-0.15, -0.1) is 0 Å². The maximum absolute atomic E-state index is 13.1. The van der Waals surface area contributed by atoms with Crippen LogP contribution in [0, 0.1) is 5.82 Å². The van der Waals surface area contributed by atoms with Gasteiger partial charge in [-0.2, -0.15) is 0 Å². The molecule has 2 rings (SSSR count). The lowest BCUT2D eigenvalue weighted by molar-refractivity contribution is 0.303. The van der Waals surface area contributed by atoms with Crippen molar-refractivity contribution in [2.24, 2.45) is 0 Å². The zero-order valence-electron chi connectivity index (χ0n) is 9.50. The number of alkyl halides is 1. The highest BCUT2D eigenvalue weighted by Crippen LogP contribution is 2.23. The van der Waals surface area contributed by atoms with Crippen molar-refractivity contribution in [3.63, 3.8) is 0 Å². The first-order chi connectivity index (χ1) is 8.69. The van der Waals surface area contributed by atoms with Gasteiger partial charge < -0.3 is 4.74 Å². The van der Waals surface area contributed by atoms with Crippen LogP contribution in [0.1, 0.15) is 11.1 Å². The van der Waals surface area contributed by atoms with Gasteiger partial charge in [0.1, 0.15) is 18.2 Å².